The first kappa shape index (κ1) is 14.3. The number of ether oxygens (including phenoxy) is 2. The summed E-state index contributed by atoms with van der Waals surface area (Å²) < 4.78 is 10.6. The van der Waals surface area contributed by atoms with E-state index in [0.717, 1.165) is 22.8 Å². The Bertz CT molecular complexity index is 546. The first-order valence-electron chi connectivity index (χ1n) is 6.46. The van der Waals surface area contributed by atoms with Crippen LogP contribution in [0.15, 0.2) is 36.5 Å². The van der Waals surface area contributed by atoms with Gasteiger partial charge in [0, 0.05) is 30.4 Å². The number of hydrogen-bond donors (Lipinski definition) is 1. The Morgan fingerprint density at radius 3 is 2.70 bits per heavy atom. The molecular formula is C15H19N3O2. The number of nitrogens with one attached hydrogen (secondary N) is 1. The third kappa shape index (κ3) is 3.45. The Morgan fingerprint density at radius 1 is 1.20 bits per heavy atom. The molecule has 2 aromatic rings. The zero-order valence-corrected chi connectivity index (χ0v) is 12.0. The van der Waals surface area contributed by atoms with E-state index in [4.69, 9.17) is 9.47 Å². The van der Waals surface area contributed by atoms with Crippen molar-refractivity contribution in [2.75, 3.05) is 14.2 Å². The lowest BCUT2D eigenvalue weighted by atomic mass is 10.1. The SMILES string of the molecule is COc1ccc(C(C)NCc2cccnn2)c(OC)c1. The van der Waals surface area contributed by atoms with Crippen molar-refractivity contribution in [2.24, 2.45) is 0 Å². The van der Waals surface area contributed by atoms with E-state index in [-0.39, 0.29) is 6.04 Å². The molecule has 0 radical (unpaired) electrons. The van der Waals surface area contributed by atoms with Crippen molar-refractivity contribution in [1.82, 2.24) is 15.5 Å². The minimum atomic E-state index is 0.137. The highest BCUT2D eigenvalue weighted by Crippen LogP contribution is 2.29. The van der Waals surface area contributed by atoms with Gasteiger partial charge in [-0.2, -0.15) is 10.2 Å². The van der Waals surface area contributed by atoms with Gasteiger partial charge in [-0.25, -0.2) is 0 Å². The molecule has 1 aromatic heterocycles. The molecule has 20 heavy (non-hydrogen) atoms. The van der Waals surface area contributed by atoms with Gasteiger partial charge in [-0.15, -0.1) is 0 Å². The zero-order chi connectivity index (χ0) is 14.4. The Kier molecular flexibility index (Phi) is 4.90. The second-order valence-electron chi connectivity index (χ2n) is 4.43. The summed E-state index contributed by atoms with van der Waals surface area (Å²) >= 11 is 0. The first-order chi connectivity index (χ1) is 9.74. The van der Waals surface area contributed by atoms with Gasteiger partial charge in [-0.05, 0) is 25.1 Å². The summed E-state index contributed by atoms with van der Waals surface area (Å²) in [4.78, 5) is 0. The fraction of sp³-hybridized carbons (Fsp3) is 0.333. The summed E-state index contributed by atoms with van der Waals surface area (Å²) in [6.07, 6.45) is 1.67. The molecule has 1 atom stereocenters. The van der Waals surface area contributed by atoms with Crippen LogP contribution in [0, 0.1) is 0 Å². The summed E-state index contributed by atoms with van der Waals surface area (Å²) in [5.74, 6) is 1.59. The van der Waals surface area contributed by atoms with E-state index < -0.39 is 0 Å². The second kappa shape index (κ2) is 6.86. The maximum absolute atomic E-state index is 5.41. The summed E-state index contributed by atoms with van der Waals surface area (Å²) in [5, 5.41) is 11.3. The third-order valence-electron chi connectivity index (χ3n) is 3.12. The fourth-order valence-electron chi connectivity index (χ4n) is 1.97. The van der Waals surface area contributed by atoms with Gasteiger partial charge in [0.05, 0.1) is 19.9 Å². The van der Waals surface area contributed by atoms with Crippen LogP contribution in [0.25, 0.3) is 0 Å². The van der Waals surface area contributed by atoms with E-state index in [0.29, 0.717) is 6.54 Å². The van der Waals surface area contributed by atoms with Crippen LogP contribution in [-0.4, -0.2) is 24.4 Å². The van der Waals surface area contributed by atoms with E-state index in [2.05, 4.69) is 22.4 Å². The van der Waals surface area contributed by atoms with Gasteiger partial charge in [0.15, 0.2) is 0 Å². The standard InChI is InChI=1S/C15H19N3O2/c1-11(16-10-12-5-4-8-17-18-12)14-7-6-13(19-2)9-15(14)20-3/h4-9,11,16H,10H2,1-3H3. The number of rotatable bonds is 6. The molecule has 1 unspecified atom stereocenters. The summed E-state index contributed by atoms with van der Waals surface area (Å²) in [6, 6.07) is 9.78. The van der Waals surface area contributed by atoms with Crippen molar-refractivity contribution >= 4 is 0 Å². The third-order valence-corrected chi connectivity index (χ3v) is 3.12. The first-order valence-corrected chi connectivity index (χ1v) is 6.46. The van der Waals surface area contributed by atoms with Crippen LogP contribution in [0.1, 0.15) is 24.2 Å². The molecule has 5 nitrogen and oxygen atoms in total. The highest BCUT2D eigenvalue weighted by atomic mass is 16.5. The van der Waals surface area contributed by atoms with Crippen molar-refractivity contribution in [3.05, 3.63) is 47.8 Å². The van der Waals surface area contributed by atoms with Crippen molar-refractivity contribution < 1.29 is 9.47 Å². The Labute approximate surface area is 118 Å². The molecule has 0 aliphatic heterocycles. The molecule has 0 bridgehead atoms. The molecule has 0 fully saturated rings. The largest absolute Gasteiger partial charge is 0.497 e. The fourth-order valence-corrected chi connectivity index (χ4v) is 1.97. The molecule has 2 rings (SSSR count). The summed E-state index contributed by atoms with van der Waals surface area (Å²) in [6.45, 7) is 2.74. The van der Waals surface area contributed by atoms with Crippen LogP contribution in [0.4, 0.5) is 0 Å². The molecule has 0 aliphatic rings. The molecule has 1 aromatic carbocycles. The molecule has 0 spiro atoms. The molecule has 0 saturated heterocycles. The minimum Gasteiger partial charge on any atom is -0.497 e. The number of hydrogen-bond acceptors (Lipinski definition) is 5. The number of aromatic nitrogens is 2. The summed E-state index contributed by atoms with van der Waals surface area (Å²) in [7, 11) is 3.30. The van der Waals surface area contributed by atoms with E-state index in [1.807, 2.05) is 30.3 Å². The average Bonchev–Trinajstić information content (AvgIpc) is 2.52. The van der Waals surface area contributed by atoms with Gasteiger partial charge < -0.3 is 14.8 Å². The monoisotopic (exact) mass is 273 g/mol. The maximum atomic E-state index is 5.41. The normalized spacial score (nSPS) is 11.9. The zero-order valence-electron chi connectivity index (χ0n) is 12.0. The Morgan fingerprint density at radius 2 is 2.05 bits per heavy atom. The molecule has 5 heteroatoms. The van der Waals surface area contributed by atoms with Crippen LogP contribution < -0.4 is 14.8 Å². The predicted octanol–water partition coefficient (Wildman–Crippen LogP) is 2.34. The number of nitrogens with zero attached hydrogens (tertiary/aromatic N) is 2. The average molecular weight is 273 g/mol. The van der Waals surface area contributed by atoms with Crippen molar-refractivity contribution in [1.29, 1.82) is 0 Å². The maximum Gasteiger partial charge on any atom is 0.127 e. The molecular weight excluding hydrogens is 254 g/mol. The summed E-state index contributed by atoms with van der Waals surface area (Å²) in [5.41, 5.74) is 1.99. The van der Waals surface area contributed by atoms with Crippen LogP contribution in [0.2, 0.25) is 0 Å². The van der Waals surface area contributed by atoms with E-state index in [9.17, 15) is 0 Å². The topological polar surface area (TPSA) is 56.3 Å². The van der Waals surface area contributed by atoms with Gasteiger partial charge in [-0.1, -0.05) is 6.07 Å². The van der Waals surface area contributed by atoms with Crippen molar-refractivity contribution in [3.63, 3.8) is 0 Å². The lowest BCUT2D eigenvalue weighted by molar-refractivity contribution is 0.385. The molecule has 0 aliphatic carbocycles. The molecule has 0 saturated carbocycles. The second-order valence-corrected chi connectivity index (χ2v) is 4.43. The van der Waals surface area contributed by atoms with Gasteiger partial charge in [0.2, 0.25) is 0 Å². The van der Waals surface area contributed by atoms with Crippen molar-refractivity contribution in [2.45, 2.75) is 19.5 Å². The minimum absolute atomic E-state index is 0.137. The quantitative estimate of drug-likeness (QED) is 0.875. The lowest BCUT2D eigenvalue weighted by Gasteiger charge is -2.17. The molecule has 106 valence electrons. The van der Waals surface area contributed by atoms with E-state index in [1.165, 1.54) is 0 Å². The van der Waals surface area contributed by atoms with E-state index >= 15 is 0 Å². The Balaban J connectivity index is 2.07. The van der Waals surface area contributed by atoms with E-state index in [1.54, 1.807) is 20.4 Å². The smallest absolute Gasteiger partial charge is 0.127 e. The van der Waals surface area contributed by atoms with Crippen LogP contribution in [0.3, 0.4) is 0 Å². The predicted molar refractivity (Wildman–Crippen MR) is 76.8 cm³/mol. The number of benzene rings is 1. The Hall–Kier alpha value is -2.14. The van der Waals surface area contributed by atoms with Gasteiger partial charge >= 0.3 is 0 Å². The van der Waals surface area contributed by atoms with Crippen LogP contribution in [0.5, 0.6) is 11.5 Å². The highest BCUT2D eigenvalue weighted by molar-refractivity contribution is 5.42. The molecule has 1 N–H and O–H groups in total. The molecule has 0 amide bonds. The number of methoxy groups -OCH3 is 2. The van der Waals surface area contributed by atoms with Crippen molar-refractivity contribution in [3.8, 4) is 11.5 Å². The van der Waals surface area contributed by atoms with Gasteiger partial charge in [0.25, 0.3) is 0 Å². The van der Waals surface area contributed by atoms with Gasteiger partial charge in [0.1, 0.15) is 11.5 Å². The highest BCUT2D eigenvalue weighted by Gasteiger charge is 2.12. The van der Waals surface area contributed by atoms with Crippen LogP contribution in [-0.2, 0) is 6.54 Å². The van der Waals surface area contributed by atoms with Crippen LogP contribution >= 0.6 is 0 Å². The molecule has 1 heterocycles. The lowest BCUT2D eigenvalue weighted by Crippen LogP contribution is -2.19. The van der Waals surface area contributed by atoms with Gasteiger partial charge in [-0.3, -0.25) is 0 Å².